The van der Waals surface area contributed by atoms with E-state index in [9.17, 15) is 4.21 Å². The second-order valence-electron chi connectivity index (χ2n) is 14.4. The van der Waals surface area contributed by atoms with Gasteiger partial charge in [0.1, 0.15) is 0 Å². The lowest BCUT2D eigenvalue weighted by Crippen LogP contribution is -2.48. The van der Waals surface area contributed by atoms with Crippen molar-refractivity contribution >= 4 is 26.3 Å². The van der Waals surface area contributed by atoms with Crippen LogP contribution in [0.1, 0.15) is 93.9 Å². The van der Waals surface area contributed by atoms with Crippen LogP contribution in [0, 0.1) is 23.2 Å². The quantitative estimate of drug-likeness (QED) is 0.245. The Kier molecular flexibility index (Phi) is 10.3. The van der Waals surface area contributed by atoms with E-state index < -0.39 is 26.3 Å². The molecule has 0 spiro atoms. The van der Waals surface area contributed by atoms with Gasteiger partial charge in [0.2, 0.25) is 0 Å². The molecule has 2 aliphatic carbocycles. The van der Waals surface area contributed by atoms with Crippen LogP contribution >= 0.6 is 0 Å². The van der Waals surface area contributed by atoms with E-state index in [1.807, 2.05) is 30.3 Å². The zero-order valence-corrected chi connectivity index (χ0v) is 29.3. The predicted molar refractivity (Wildman–Crippen MR) is 171 cm³/mol. The topological polar surface area (TPSA) is 38.7 Å². The van der Waals surface area contributed by atoms with Gasteiger partial charge in [-0.1, -0.05) is 80.0 Å². The molecule has 2 saturated carbocycles. The molecule has 0 saturated heterocycles. The molecule has 0 bridgehead atoms. The van der Waals surface area contributed by atoms with Gasteiger partial charge in [0.25, 0.3) is 0 Å². The fourth-order valence-corrected chi connectivity index (χ4v) is 16.7. The normalized spacial score (nSPS) is 28.9. The Balaban J connectivity index is 1.83. The monoisotopic (exact) mass is 577 g/mol. The maximum absolute atomic E-state index is 14.7. The first-order valence-electron chi connectivity index (χ1n) is 15.7. The van der Waals surface area contributed by atoms with Gasteiger partial charge in [-0.3, -0.25) is 4.03 Å². The van der Waals surface area contributed by atoms with E-state index >= 15 is 0 Å². The zero-order chi connectivity index (χ0) is 28.4. The number of hydrogen-bond acceptors (Lipinski definition) is 3. The van der Waals surface area contributed by atoms with Gasteiger partial charge in [0.15, 0.2) is 16.6 Å². The summed E-state index contributed by atoms with van der Waals surface area (Å²) in [6, 6.07) is 13.9. The summed E-state index contributed by atoms with van der Waals surface area (Å²) < 4.78 is 27.2. The lowest BCUT2D eigenvalue weighted by atomic mass is 9.61. The average Bonchev–Trinajstić information content (AvgIpc) is 3.23. The summed E-state index contributed by atoms with van der Waals surface area (Å²) >= 11 is 0. The van der Waals surface area contributed by atoms with Crippen molar-refractivity contribution in [2.45, 2.75) is 141 Å². The molecule has 0 aromatic heterocycles. The van der Waals surface area contributed by atoms with Crippen LogP contribution in [0.3, 0.4) is 0 Å². The van der Waals surface area contributed by atoms with Gasteiger partial charge in [-0.2, -0.15) is 0 Å². The summed E-state index contributed by atoms with van der Waals surface area (Å²) in [4.78, 5) is 0.929. The highest BCUT2D eigenvalue weighted by molar-refractivity contribution is 7.94. The second kappa shape index (κ2) is 12.2. The highest BCUT2D eigenvalue weighted by Gasteiger charge is 2.54. The van der Waals surface area contributed by atoms with E-state index in [-0.39, 0.29) is 5.04 Å². The van der Waals surface area contributed by atoms with Crippen molar-refractivity contribution < 1.29 is 8.63 Å². The lowest BCUT2D eigenvalue weighted by Gasteiger charge is -2.49. The van der Waals surface area contributed by atoms with E-state index in [4.69, 9.17) is 8.45 Å². The van der Waals surface area contributed by atoms with Gasteiger partial charge in [-0.15, -0.1) is 0 Å². The van der Waals surface area contributed by atoms with E-state index in [0.29, 0.717) is 35.0 Å². The molecule has 3 nitrogen and oxygen atoms in total. The zero-order valence-electron chi connectivity index (χ0n) is 26.4. The molecule has 6 unspecified atom stereocenters. The number of fused-ring (bicyclic) bond motifs is 1. The van der Waals surface area contributed by atoms with Crippen LogP contribution in [0.4, 0.5) is 0 Å². The van der Waals surface area contributed by atoms with Gasteiger partial charge < -0.3 is 4.43 Å². The number of nitrogens with zero attached hydrogens (tertiary/aromatic N) is 1. The molecule has 0 aliphatic heterocycles. The summed E-state index contributed by atoms with van der Waals surface area (Å²) in [7, 11) is -6.14. The predicted octanol–water partition coefficient (Wildman–Crippen LogP) is 10.2. The average molecular weight is 578 g/mol. The maximum Gasteiger partial charge on any atom is 0.193 e. The summed E-state index contributed by atoms with van der Waals surface area (Å²) in [6.45, 7) is 23.5. The van der Waals surface area contributed by atoms with E-state index in [1.54, 1.807) is 0 Å². The third-order valence-electron chi connectivity index (χ3n) is 11.3. The maximum atomic E-state index is 14.7. The fourth-order valence-electron chi connectivity index (χ4n) is 7.46. The third-order valence-corrected chi connectivity index (χ3v) is 24.5. The Morgan fingerprint density at radius 3 is 2.21 bits per heavy atom. The molecule has 38 heavy (non-hydrogen) atoms. The molecule has 6 heteroatoms. The minimum absolute atomic E-state index is 0.0767. The molecule has 1 aromatic rings. The van der Waals surface area contributed by atoms with Crippen molar-refractivity contribution in [2.75, 3.05) is 5.75 Å². The van der Waals surface area contributed by atoms with Crippen molar-refractivity contribution in [1.29, 1.82) is 0 Å². The SMILES string of the molecule is CC[Si](CC)(CC)OC1CCCC2(C)C(C(C)CCS(=O)(=N[Si](C)(C)C(C)(C)C)c3ccccc3)CCC12. The Bertz CT molecular complexity index is 1020. The first kappa shape index (κ1) is 32.1. The molecular formula is C32H59NO2SSi2. The van der Waals surface area contributed by atoms with Crippen LogP contribution in [0.2, 0.25) is 36.3 Å². The van der Waals surface area contributed by atoms with Crippen LogP contribution in [0.15, 0.2) is 39.3 Å². The smallest absolute Gasteiger partial charge is 0.193 e. The summed E-state index contributed by atoms with van der Waals surface area (Å²) in [5.41, 5.74) is 0.349. The van der Waals surface area contributed by atoms with E-state index in [0.717, 1.165) is 11.3 Å². The number of hydrogen-bond donors (Lipinski definition) is 0. The van der Waals surface area contributed by atoms with Gasteiger partial charge in [-0.05, 0) is 104 Å². The molecule has 3 rings (SSSR count). The molecule has 218 valence electrons. The van der Waals surface area contributed by atoms with Crippen LogP contribution in [0.5, 0.6) is 0 Å². The first-order valence-corrected chi connectivity index (χ1v) is 22.8. The lowest BCUT2D eigenvalue weighted by molar-refractivity contribution is -0.0196. The highest BCUT2D eigenvalue weighted by Crippen LogP contribution is 2.59. The molecule has 0 amide bonds. The second-order valence-corrected chi connectivity index (χ2v) is 26.6. The third kappa shape index (κ3) is 6.55. The first-order chi connectivity index (χ1) is 17.7. The number of benzene rings is 1. The van der Waals surface area contributed by atoms with Crippen molar-refractivity contribution in [2.24, 2.45) is 27.2 Å². The minimum atomic E-state index is -2.46. The Morgan fingerprint density at radius 2 is 1.66 bits per heavy atom. The standard InChI is InChI=1S/C32H59NO2SSi2/c1-11-38(12-2,13-3)35-30-20-17-24-32(8)28(21-22-29(30)32)26(4)23-25-36(34,27-18-15-14-16-19-27)33-37(9,10)31(5,6)7/h14-16,18-19,26,28-30H,11-13,17,20-25H2,1-10H3. The Morgan fingerprint density at radius 1 is 1.05 bits per heavy atom. The van der Waals surface area contributed by atoms with Gasteiger partial charge in [-0.25, -0.2) is 4.21 Å². The molecule has 2 aliphatic rings. The van der Waals surface area contributed by atoms with Gasteiger partial charge in [0.05, 0.1) is 9.73 Å². The Labute approximate surface area is 238 Å². The molecule has 0 radical (unpaired) electrons. The Hall–Kier alpha value is -0.436. The minimum Gasteiger partial charge on any atom is -0.414 e. The largest absolute Gasteiger partial charge is 0.414 e. The van der Waals surface area contributed by atoms with Crippen LogP contribution in [-0.2, 0) is 14.2 Å². The van der Waals surface area contributed by atoms with Gasteiger partial charge >= 0.3 is 0 Å². The fraction of sp³-hybridized carbons (Fsp3) is 0.812. The van der Waals surface area contributed by atoms with Crippen molar-refractivity contribution in [1.82, 2.24) is 0 Å². The van der Waals surface area contributed by atoms with Crippen LogP contribution in [-0.4, -0.2) is 32.6 Å². The molecular weight excluding hydrogens is 519 g/mol. The summed E-state index contributed by atoms with van der Waals surface area (Å²) in [6.07, 6.45) is 7.93. The molecule has 0 N–H and O–H groups in total. The van der Waals surface area contributed by atoms with E-state index in [1.165, 1.54) is 50.2 Å². The van der Waals surface area contributed by atoms with Crippen molar-refractivity contribution in [3.05, 3.63) is 30.3 Å². The van der Waals surface area contributed by atoms with Crippen molar-refractivity contribution in [3.8, 4) is 0 Å². The summed E-state index contributed by atoms with van der Waals surface area (Å²) in [5.74, 6) is 2.61. The molecule has 6 atom stereocenters. The molecule has 2 fully saturated rings. The van der Waals surface area contributed by atoms with Crippen LogP contribution in [0.25, 0.3) is 0 Å². The van der Waals surface area contributed by atoms with E-state index in [2.05, 4.69) is 68.5 Å². The summed E-state index contributed by atoms with van der Waals surface area (Å²) in [5, 5.41) is 0.0767. The molecule has 0 heterocycles. The molecule has 1 aromatic carbocycles. The van der Waals surface area contributed by atoms with Crippen LogP contribution < -0.4 is 0 Å². The van der Waals surface area contributed by atoms with Crippen molar-refractivity contribution in [3.63, 3.8) is 0 Å². The van der Waals surface area contributed by atoms with Gasteiger partial charge in [0, 0.05) is 16.8 Å². The highest BCUT2D eigenvalue weighted by atomic mass is 32.2. The number of rotatable bonds is 11.